The predicted molar refractivity (Wildman–Crippen MR) is 76.3 cm³/mol. The molecule has 0 aliphatic heterocycles. The lowest BCUT2D eigenvalue weighted by Gasteiger charge is -2.02. The molecule has 0 atom stereocenters. The van der Waals surface area contributed by atoms with Crippen LogP contribution in [0.1, 0.15) is 15.9 Å². The lowest BCUT2D eigenvalue weighted by Crippen LogP contribution is -2.17. The molecule has 0 aromatic heterocycles. The first-order valence-electron chi connectivity index (χ1n) is 5.68. The van der Waals surface area contributed by atoms with Crippen LogP contribution in [-0.4, -0.2) is 22.3 Å². The maximum absolute atomic E-state index is 11.8. The van der Waals surface area contributed by atoms with Crippen molar-refractivity contribution in [2.45, 2.75) is 0 Å². The second-order valence-corrected chi connectivity index (χ2v) is 4.30. The topological polar surface area (TPSA) is 81.9 Å². The van der Waals surface area contributed by atoms with Crippen LogP contribution in [0.2, 0.25) is 5.02 Å². The minimum Gasteiger partial charge on any atom is -0.504 e. The summed E-state index contributed by atoms with van der Waals surface area (Å²) in [5.41, 5.74) is 2.87. The number of hydrogen-bond acceptors (Lipinski definition) is 4. The predicted octanol–water partition coefficient (Wildman–Crippen LogP) is 2.52. The molecule has 6 heteroatoms. The van der Waals surface area contributed by atoms with E-state index in [1.165, 1.54) is 12.3 Å². The maximum Gasteiger partial charge on any atom is 0.272 e. The number of nitrogens with one attached hydrogen (secondary N) is 1. The van der Waals surface area contributed by atoms with Gasteiger partial charge in [0.25, 0.3) is 5.91 Å². The quantitative estimate of drug-likeness (QED) is 0.461. The molecule has 0 heterocycles. The van der Waals surface area contributed by atoms with Gasteiger partial charge in [0.1, 0.15) is 0 Å². The molecule has 2 rings (SSSR count). The number of phenolic OH excluding ortho intramolecular Hbond substituents is 2. The molecule has 2 aromatic carbocycles. The number of hydrazone groups is 1. The summed E-state index contributed by atoms with van der Waals surface area (Å²) in [5, 5.41) is 22.9. The first-order valence-corrected chi connectivity index (χ1v) is 6.06. The third-order valence-electron chi connectivity index (χ3n) is 2.53. The van der Waals surface area contributed by atoms with Gasteiger partial charge in [0.2, 0.25) is 0 Å². The summed E-state index contributed by atoms with van der Waals surface area (Å²) in [4.78, 5) is 11.8. The van der Waals surface area contributed by atoms with Gasteiger partial charge in [-0.3, -0.25) is 4.79 Å². The second-order valence-electron chi connectivity index (χ2n) is 3.89. The van der Waals surface area contributed by atoms with E-state index in [-0.39, 0.29) is 17.1 Å². The van der Waals surface area contributed by atoms with Crippen LogP contribution in [-0.2, 0) is 0 Å². The van der Waals surface area contributed by atoms with Crippen molar-refractivity contribution >= 4 is 23.7 Å². The zero-order chi connectivity index (χ0) is 14.5. The summed E-state index contributed by atoms with van der Waals surface area (Å²) in [6, 6.07) is 11.0. The number of benzene rings is 2. The van der Waals surface area contributed by atoms with Crippen molar-refractivity contribution in [3.05, 3.63) is 58.6 Å². The molecule has 3 N–H and O–H groups in total. The van der Waals surface area contributed by atoms with E-state index in [1.807, 2.05) is 0 Å². The number of nitrogens with zero attached hydrogens (tertiary/aromatic N) is 1. The van der Waals surface area contributed by atoms with Crippen LogP contribution in [0, 0.1) is 0 Å². The summed E-state index contributed by atoms with van der Waals surface area (Å²) in [6.07, 6.45) is 1.23. The van der Waals surface area contributed by atoms with Crippen molar-refractivity contribution in [2.75, 3.05) is 0 Å². The van der Waals surface area contributed by atoms with Gasteiger partial charge in [0.15, 0.2) is 11.5 Å². The van der Waals surface area contributed by atoms with Gasteiger partial charge >= 0.3 is 0 Å². The zero-order valence-electron chi connectivity index (χ0n) is 10.2. The first-order chi connectivity index (χ1) is 9.59. The monoisotopic (exact) mass is 290 g/mol. The van der Waals surface area contributed by atoms with E-state index >= 15 is 0 Å². The van der Waals surface area contributed by atoms with E-state index in [0.717, 1.165) is 0 Å². The molecular weight excluding hydrogens is 280 g/mol. The SMILES string of the molecule is O=C(NN=Cc1cccc(O)c1O)c1ccccc1Cl. The Balaban J connectivity index is 2.09. The molecule has 0 bridgehead atoms. The van der Waals surface area contributed by atoms with Crippen LogP contribution in [0.5, 0.6) is 11.5 Å². The lowest BCUT2D eigenvalue weighted by atomic mass is 10.2. The van der Waals surface area contributed by atoms with Crippen LogP contribution in [0.3, 0.4) is 0 Å². The summed E-state index contributed by atoms with van der Waals surface area (Å²) >= 11 is 5.88. The maximum atomic E-state index is 11.8. The molecule has 0 spiro atoms. The third-order valence-corrected chi connectivity index (χ3v) is 2.86. The van der Waals surface area contributed by atoms with Gasteiger partial charge in [-0.1, -0.05) is 29.8 Å². The van der Waals surface area contributed by atoms with Gasteiger partial charge < -0.3 is 10.2 Å². The molecular formula is C14H11ClN2O3. The molecule has 20 heavy (non-hydrogen) atoms. The van der Waals surface area contributed by atoms with Gasteiger partial charge in [-0.25, -0.2) is 5.43 Å². The molecule has 0 fully saturated rings. The van der Waals surface area contributed by atoms with Gasteiger partial charge in [0, 0.05) is 5.56 Å². The number of para-hydroxylation sites is 1. The minimum absolute atomic E-state index is 0.258. The number of rotatable bonds is 3. The summed E-state index contributed by atoms with van der Waals surface area (Å²) in [7, 11) is 0. The van der Waals surface area contributed by atoms with Gasteiger partial charge in [-0.2, -0.15) is 5.10 Å². The minimum atomic E-state index is -0.466. The van der Waals surface area contributed by atoms with Crippen LogP contribution >= 0.6 is 11.6 Å². The number of phenols is 2. The van der Waals surface area contributed by atoms with E-state index in [2.05, 4.69) is 10.5 Å². The largest absolute Gasteiger partial charge is 0.504 e. The van der Waals surface area contributed by atoms with Gasteiger partial charge in [-0.15, -0.1) is 0 Å². The number of hydrogen-bond donors (Lipinski definition) is 3. The Kier molecular flexibility index (Phi) is 4.22. The Morgan fingerprint density at radius 1 is 1.15 bits per heavy atom. The summed E-state index contributed by atoms with van der Waals surface area (Å²) < 4.78 is 0. The molecule has 0 radical (unpaired) electrons. The van der Waals surface area contributed by atoms with E-state index in [9.17, 15) is 15.0 Å². The molecule has 102 valence electrons. The number of amides is 1. The van der Waals surface area contributed by atoms with Crippen molar-refractivity contribution in [2.24, 2.45) is 5.10 Å². The lowest BCUT2D eigenvalue weighted by molar-refractivity contribution is 0.0955. The Labute approximate surface area is 120 Å². The molecule has 0 aliphatic carbocycles. The van der Waals surface area contributed by atoms with Crippen LogP contribution < -0.4 is 5.43 Å². The fourth-order valence-corrected chi connectivity index (χ4v) is 1.74. The zero-order valence-corrected chi connectivity index (χ0v) is 11.0. The van der Waals surface area contributed by atoms with Crippen molar-refractivity contribution in [1.82, 2.24) is 5.43 Å². The highest BCUT2D eigenvalue weighted by Gasteiger charge is 2.08. The average molecular weight is 291 g/mol. The standard InChI is InChI=1S/C14H11ClN2O3/c15-11-6-2-1-5-10(11)14(20)17-16-8-9-4-3-7-12(18)13(9)19/h1-8,18-19H,(H,17,20). The highest BCUT2D eigenvalue weighted by atomic mass is 35.5. The number of halogens is 1. The van der Waals surface area contributed by atoms with E-state index in [4.69, 9.17) is 11.6 Å². The smallest absolute Gasteiger partial charge is 0.272 e. The highest BCUT2D eigenvalue weighted by molar-refractivity contribution is 6.33. The van der Waals surface area contributed by atoms with Crippen molar-refractivity contribution in [3.63, 3.8) is 0 Å². The van der Waals surface area contributed by atoms with Crippen molar-refractivity contribution in [3.8, 4) is 11.5 Å². The fraction of sp³-hybridized carbons (Fsp3) is 0. The van der Waals surface area contributed by atoms with Crippen molar-refractivity contribution < 1.29 is 15.0 Å². The number of carbonyl (C=O) groups excluding carboxylic acids is 1. The molecule has 5 nitrogen and oxygen atoms in total. The molecule has 0 saturated heterocycles. The van der Waals surface area contributed by atoms with E-state index in [1.54, 1.807) is 36.4 Å². The van der Waals surface area contributed by atoms with E-state index < -0.39 is 5.91 Å². The normalized spacial score (nSPS) is 10.7. The Morgan fingerprint density at radius 2 is 1.90 bits per heavy atom. The Morgan fingerprint density at radius 3 is 2.65 bits per heavy atom. The third kappa shape index (κ3) is 3.07. The molecule has 0 unspecified atom stereocenters. The Bertz CT molecular complexity index is 671. The average Bonchev–Trinajstić information content (AvgIpc) is 2.44. The van der Waals surface area contributed by atoms with Gasteiger partial charge in [0.05, 0.1) is 16.8 Å². The molecule has 0 saturated carbocycles. The summed E-state index contributed by atoms with van der Waals surface area (Å²) in [6.45, 7) is 0. The van der Waals surface area contributed by atoms with Gasteiger partial charge in [-0.05, 0) is 24.3 Å². The second kappa shape index (κ2) is 6.08. The van der Waals surface area contributed by atoms with Crippen LogP contribution in [0.4, 0.5) is 0 Å². The fourth-order valence-electron chi connectivity index (χ4n) is 1.52. The molecule has 2 aromatic rings. The van der Waals surface area contributed by atoms with Crippen molar-refractivity contribution in [1.29, 1.82) is 0 Å². The molecule has 1 amide bonds. The number of carbonyl (C=O) groups is 1. The van der Waals surface area contributed by atoms with E-state index in [0.29, 0.717) is 10.6 Å². The first kappa shape index (κ1) is 13.9. The highest BCUT2D eigenvalue weighted by Crippen LogP contribution is 2.26. The van der Waals surface area contributed by atoms with Crippen LogP contribution in [0.25, 0.3) is 0 Å². The van der Waals surface area contributed by atoms with Crippen LogP contribution in [0.15, 0.2) is 47.6 Å². The Hall–Kier alpha value is -2.53. The molecule has 0 aliphatic rings. The summed E-state index contributed by atoms with van der Waals surface area (Å²) in [5.74, 6) is -1.03. The number of aromatic hydroxyl groups is 2.